The molecule has 2 heterocycles. The maximum absolute atomic E-state index is 13.4. The van der Waals surface area contributed by atoms with E-state index in [0.29, 0.717) is 31.8 Å². The number of methoxy groups -OCH3 is 1. The maximum atomic E-state index is 13.4. The summed E-state index contributed by atoms with van der Waals surface area (Å²) >= 11 is 0. The van der Waals surface area contributed by atoms with Gasteiger partial charge in [-0.15, -0.1) is 0 Å². The van der Waals surface area contributed by atoms with Gasteiger partial charge in [-0.25, -0.2) is 9.78 Å². The first-order valence-corrected chi connectivity index (χ1v) is 11.4. The summed E-state index contributed by atoms with van der Waals surface area (Å²) in [6.07, 6.45) is -0.286. The van der Waals surface area contributed by atoms with Crippen LogP contribution in [0.5, 0.6) is 0 Å². The average Bonchev–Trinajstić information content (AvgIpc) is 3.35. The molecule has 0 spiro atoms. The predicted octanol–water partition coefficient (Wildman–Crippen LogP) is 4.66. The van der Waals surface area contributed by atoms with Crippen LogP contribution in [-0.4, -0.2) is 51.5 Å². The van der Waals surface area contributed by atoms with E-state index >= 15 is 0 Å². The smallest absolute Gasteiger partial charge is 0.416 e. The monoisotopic (exact) mass is 516 g/mol. The number of aromatic nitrogens is 2. The van der Waals surface area contributed by atoms with E-state index < -0.39 is 34.2 Å². The highest BCUT2D eigenvalue weighted by molar-refractivity contribution is 5.99. The molecule has 3 aromatic rings. The summed E-state index contributed by atoms with van der Waals surface area (Å²) in [7, 11) is 1.14. The molecular weight excluding hydrogens is 493 g/mol. The highest BCUT2D eigenvalue weighted by atomic mass is 19.4. The van der Waals surface area contributed by atoms with Gasteiger partial charge in [0.1, 0.15) is 5.82 Å². The standard InChI is InChI=1S/C25H23F3N4O5/c1-37-24(34)19-12-18(13-20(14-19)32(35)36)23(33)30-9-6-16(7-10-30)22-29-8-11-31(22)15-17-4-2-3-5-21(17)25(26,27)28/h2-5,8,11-14,16H,6-7,9-10,15H2,1H3. The highest BCUT2D eigenvalue weighted by Crippen LogP contribution is 2.33. The Hall–Kier alpha value is -4.22. The van der Waals surface area contributed by atoms with Crippen LogP contribution in [-0.2, 0) is 17.5 Å². The molecule has 0 aliphatic carbocycles. The fourth-order valence-electron chi connectivity index (χ4n) is 4.53. The number of amides is 1. The Balaban J connectivity index is 1.48. The van der Waals surface area contributed by atoms with E-state index in [4.69, 9.17) is 0 Å². The molecule has 1 aliphatic rings. The predicted molar refractivity (Wildman–Crippen MR) is 125 cm³/mol. The number of likely N-dealkylation sites (tertiary alicyclic amines) is 1. The number of alkyl halides is 3. The van der Waals surface area contributed by atoms with Gasteiger partial charge in [0.2, 0.25) is 0 Å². The minimum atomic E-state index is -4.47. The molecule has 0 N–H and O–H groups in total. The fraction of sp³-hybridized carbons (Fsp3) is 0.320. The average molecular weight is 516 g/mol. The van der Waals surface area contributed by atoms with Gasteiger partial charge in [-0.2, -0.15) is 13.2 Å². The van der Waals surface area contributed by atoms with Crippen molar-refractivity contribution in [2.75, 3.05) is 20.2 Å². The van der Waals surface area contributed by atoms with Crippen LogP contribution in [0.4, 0.5) is 18.9 Å². The van der Waals surface area contributed by atoms with Crippen LogP contribution < -0.4 is 0 Å². The van der Waals surface area contributed by atoms with Gasteiger partial charge in [0.15, 0.2) is 0 Å². The molecule has 4 rings (SSSR count). The second-order valence-electron chi connectivity index (χ2n) is 8.65. The second-order valence-corrected chi connectivity index (χ2v) is 8.65. The van der Waals surface area contributed by atoms with Crippen molar-refractivity contribution in [1.29, 1.82) is 0 Å². The van der Waals surface area contributed by atoms with Gasteiger partial charge in [-0.3, -0.25) is 14.9 Å². The summed E-state index contributed by atoms with van der Waals surface area (Å²) < 4.78 is 46.6. The highest BCUT2D eigenvalue weighted by Gasteiger charge is 2.33. The number of nitro benzene ring substituents is 1. The minimum Gasteiger partial charge on any atom is -0.465 e. The SMILES string of the molecule is COC(=O)c1cc(C(=O)N2CCC(c3nccn3Cc3ccccc3C(F)(F)F)CC2)cc([N+](=O)[O-])c1. The molecule has 12 heteroatoms. The number of hydrogen-bond donors (Lipinski definition) is 0. The van der Waals surface area contributed by atoms with Crippen molar-refractivity contribution >= 4 is 17.6 Å². The first-order valence-electron chi connectivity index (χ1n) is 11.4. The molecule has 0 bridgehead atoms. The van der Waals surface area contributed by atoms with E-state index in [1.807, 2.05) is 0 Å². The van der Waals surface area contributed by atoms with Gasteiger partial charge in [0.05, 0.1) is 23.2 Å². The van der Waals surface area contributed by atoms with Gasteiger partial charge in [-0.05, 0) is 30.5 Å². The van der Waals surface area contributed by atoms with E-state index in [1.54, 1.807) is 23.0 Å². The van der Waals surface area contributed by atoms with Crippen LogP contribution in [0.25, 0.3) is 0 Å². The lowest BCUT2D eigenvalue weighted by Crippen LogP contribution is -2.38. The third kappa shape index (κ3) is 5.63. The van der Waals surface area contributed by atoms with Gasteiger partial charge in [-0.1, -0.05) is 18.2 Å². The van der Waals surface area contributed by atoms with E-state index in [1.165, 1.54) is 23.1 Å². The molecule has 1 saturated heterocycles. The van der Waals surface area contributed by atoms with Crippen LogP contribution in [0.15, 0.2) is 54.9 Å². The van der Waals surface area contributed by atoms with Crippen molar-refractivity contribution in [1.82, 2.24) is 14.5 Å². The van der Waals surface area contributed by atoms with Crippen LogP contribution in [0.1, 0.15) is 56.4 Å². The number of non-ortho nitro benzene ring substituents is 1. The number of halogens is 3. The molecule has 0 atom stereocenters. The topological polar surface area (TPSA) is 108 Å². The molecule has 0 unspecified atom stereocenters. The van der Waals surface area contributed by atoms with Gasteiger partial charge >= 0.3 is 12.1 Å². The van der Waals surface area contributed by atoms with Crippen LogP contribution in [0.2, 0.25) is 0 Å². The number of ether oxygens (including phenoxy) is 1. The second kappa shape index (κ2) is 10.4. The first-order chi connectivity index (χ1) is 17.6. The number of carbonyl (C=O) groups is 2. The normalized spacial score (nSPS) is 14.4. The molecule has 1 amide bonds. The van der Waals surface area contributed by atoms with E-state index in [0.717, 1.165) is 25.3 Å². The summed E-state index contributed by atoms with van der Waals surface area (Å²) in [4.78, 5) is 41.5. The molecule has 1 aromatic heterocycles. The van der Waals surface area contributed by atoms with Crippen molar-refractivity contribution in [2.24, 2.45) is 0 Å². The molecule has 0 radical (unpaired) electrons. The lowest BCUT2D eigenvalue weighted by atomic mass is 9.95. The van der Waals surface area contributed by atoms with E-state index in [2.05, 4.69) is 9.72 Å². The van der Waals surface area contributed by atoms with Crippen LogP contribution >= 0.6 is 0 Å². The van der Waals surface area contributed by atoms with Crippen molar-refractivity contribution in [3.8, 4) is 0 Å². The number of nitro groups is 1. The van der Waals surface area contributed by atoms with Gasteiger partial charge < -0.3 is 14.2 Å². The molecule has 0 saturated carbocycles. The Kier molecular flexibility index (Phi) is 7.28. The lowest BCUT2D eigenvalue weighted by Gasteiger charge is -2.32. The van der Waals surface area contributed by atoms with Gasteiger partial charge in [0.25, 0.3) is 11.6 Å². The molecule has 1 fully saturated rings. The number of rotatable bonds is 6. The first kappa shape index (κ1) is 25.9. The largest absolute Gasteiger partial charge is 0.465 e. The molecule has 194 valence electrons. The van der Waals surface area contributed by atoms with Crippen molar-refractivity contribution in [3.05, 3.63) is 93.1 Å². The number of imidazole rings is 1. The van der Waals surface area contributed by atoms with Gasteiger partial charge in [0, 0.05) is 55.6 Å². The molecular formula is C25H23F3N4O5. The molecule has 2 aromatic carbocycles. The summed E-state index contributed by atoms with van der Waals surface area (Å²) in [6.45, 7) is 0.631. The summed E-state index contributed by atoms with van der Waals surface area (Å²) in [5, 5.41) is 11.3. The Morgan fingerprint density at radius 2 is 1.81 bits per heavy atom. The quantitative estimate of drug-likeness (QED) is 0.268. The molecule has 1 aliphatic heterocycles. The minimum absolute atomic E-state index is 0.00157. The Bertz CT molecular complexity index is 1330. The Morgan fingerprint density at radius 1 is 1.14 bits per heavy atom. The van der Waals surface area contributed by atoms with E-state index in [9.17, 15) is 32.9 Å². The van der Waals surface area contributed by atoms with Crippen molar-refractivity contribution < 1.29 is 32.4 Å². The number of nitrogens with zero attached hydrogens (tertiary/aromatic N) is 4. The van der Waals surface area contributed by atoms with Crippen molar-refractivity contribution in [2.45, 2.75) is 31.5 Å². The Labute approximate surface area is 209 Å². The Morgan fingerprint density at radius 3 is 2.46 bits per heavy atom. The number of benzene rings is 2. The van der Waals surface area contributed by atoms with E-state index in [-0.39, 0.29) is 29.2 Å². The third-order valence-corrected chi connectivity index (χ3v) is 6.36. The molecule has 37 heavy (non-hydrogen) atoms. The zero-order valence-electron chi connectivity index (χ0n) is 19.8. The maximum Gasteiger partial charge on any atom is 0.416 e. The van der Waals surface area contributed by atoms with Crippen molar-refractivity contribution in [3.63, 3.8) is 0 Å². The number of piperidine rings is 1. The summed E-state index contributed by atoms with van der Waals surface area (Å²) in [5.41, 5.74) is -1.07. The third-order valence-electron chi connectivity index (χ3n) is 6.36. The number of esters is 1. The zero-order valence-corrected chi connectivity index (χ0v) is 19.8. The number of hydrogen-bond acceptors (Lipinski definition) is 6. The zero-order chi connectivity index (χ0) is 26.7. The molecule has 9 nitrogen and oxygen atoms in total. The van der Waals surface area contributed by atoms with Crippen LogP contribution in [0.3, 0.4) is 0 Å². The summed E-state index contributed by atoms with van der Waals surface area (Å²) in [6, 6.07) is 8.83. The summed E-state index contributed by atoms with van der Waals surface area (Å²) in [5.74, 6) is -0.717. The van der Waals surface area contributed by atoms with Crippen LogP contribution in [0, 0.1) is 10.1 Å². The fourth-order valence-corrected chi connectivity index (χ4v) is 4.53. The number of carbonyl (C=O) groups excluding carboxylic acids is 2. The lowest BCUT2D eigenvalue weighted by molar-refractivity contribution is -0.384.